The molecule has 2 aromatic rings. The Hall–Kier alpha value is -2.34. The van der Waals surface area contributed by atoms with Crippen LogP contribution in [0.3, 0.4) is 0 Å². The van der Waals surface area contributed by atoms with Gasteiger partial charge in [-0.05, 0) is 43.0 Å². The predicted molar refractivity (Wildman–Crippen MR) is 94.2 cm³/mol. The van der Waals surface area contributed by atoms with E-state index in [1.807, 2.05) is 42.4 Å². The molecule has 3 rings (SSSR count). The van der Waals surface area contributed by atoms with Crippen LogP contribution in [0.5, 0.6) is 5.75 Å². The molecule has 2 heterocycles. The number of carbonyl (C=O) groups excluding carboxylic acids is 1. The number of aliphatic hydroxyl groups is 1. The standard InChI is InChI=1S/C19H25N3O3/c1-19(24,15-6-8-16(25-3)9-7-15)17-5-4-10-22(17)18(23)11-14-12-20-21(2)13-14/h6-9,12-13,17,24H,4-5,10-11H2,1-3H3/t17-,19+/m1/s1. The van der Waals surface area contributed by atoms with E-state index in [4.69, 9.17) is 4.74 Å². The Balaban J connectivity index is 1.77. The summed E-state index contributed by atoms with van der Waals surface area (Å²) in [7, 11) is 3.45. The maximum atomic E-state index is 12.8. The predicted octanol–water partition coefficient (Wildman–Crippen LogP) is 1.87. The zero-order valence-electron chi connectivity index (χ0n) is 15.0. The van der Waals surface area contributed by atoms with Crippen molar-refractivity contribution >= 4 is 5.91 Å². The number of amides is 1. The van der Waals surface area contributed by atoms with Crippen molar-refractivity contribution in [3.05, 3.63) is 47.8 Å². The number of aromatic nitrogens is 2. The van der Waals surface area contributed by atoms with E-state index in [9.17, 15) is 9.90 Å². The van der Waals surface area contributed by atoms with Gasteiger partial charge in [0.05, 0.1) is 25.8 Å². The summed E-state index contributed by atoms with van der Waals surface area (Å²) in [5.41, 5.74) is 0.578. The lowest BCUT2D eigenvalue weighted by molar-refractivity contribution is -0.137. The van der Waals surface area contributed by atoms with E-state index >= 15 is 0 Å². The summed E-state index contributed by atoms with van der Waals surface area (Å²) in [5.74, 6) is 0.778. The van der Waals surface area contributed by atoms with Gasteiger partial charge in [0.25, 0.3) is 0 Å². The van der Waals surface area contributed by atoms with Crippen LogP contribution in [0.15, 0.2) is 36.7 Å². The number of likely N-dealkylation sites (tertiary alicyclic amines) is 1. The highest BCUT2D eigenvalue weighted by Gasteiger charge is 2.42. The molecule has 0 unspecified atom stereocenters. The van der Waals surface area contributed by atoms with Crippen molar-refractivity contribution in [2.24, 2.45) is 7.05 Å². The van der Waals surface area contributed by atoms with Gasteiger partial charge in [-0.25, -0.2) is 0 Å². The van der Waals surface area contributed by atoms with Crippen LogP contribution in [0.2, 0.25) is 0 Å². The van der Waals surface area contributed by atoms with E-state index < -0.39 is 5.60 Å². The molecule has 1 aromatic carbocycles. The maximum absolute atomic E-state index is 12.8. The number of rotatable bonds is 5. The van der Waals surface area contributed by atoms with E-state index in [0.717, 1.165) is 29.7 Å². The summed E-state index contributed by atoms with van der Waals surface area (Å²) in [6.45, 7) is 2.46. The van der Waals surface area contributed by atoms with Gasteiger partial charge in [0.1, 0.15) is 11.4 Å². The SMILES string of the molecule is COc1ccc([C@](C)(O)[C@H]2CCCN2C(=O)Cc2cnn(C)c2)cc1. The lowest BCUT2D eigenvalue weighted by Crippen LogP contribution is -2.48. The van der Waals surface area contributed by atoms with Crippen LogP contribution in [0.25, 0.3) is 0 Å². The van der Waals surface area contributed by atoms with Crippen LogP contribution < -0.4 is 4.74 Å². The van der Waals surface area contributed by atoms with Crippen LogP contribution in [0.4, 0.5) is 0 Å². The average molecular weight is 343 g/mol. The summed E-state index contributed by atoms with van der Waals surface area (Å²) in [6, 6.07) is 7.16. The number of methoxy groups -OCH3 is 1. The average Bonchev–Trinajstić information content (AvgIpc) is 3.24. The molecule has 1 aromatic heterocycles. The van der Waals surface area contributed by atoms with Gasteiger partial charge in [0.2, 0.25) is 5.91 Å². The van der Waals surface area contributed by atoms with E-state index in [-0.39, 0.29) is 11.9 Å². The highest BCUT2D eigenvalue weighted by Crippen LogP contribution is 2.35. The van der Waals surface area contributed by atoms with E-state index in [2.05, 4.69) is 5.10 Å². The van der Waals surface area contributed by atoms with E-state index in [0.29, 0.717) is 13.0 Å². The zero-order chi connectivity index (χ0) is 18.0. The Morgan fingerprint density at radius 1 is 1.40 bits per heavy atom. The first kappa shape index (κ1) is 17.5. The minimum absolute atomic E-state index is 0.0317. The molecule has 0 spiro atoms. The Morgan fingerprint density at radius 3 is 2.72 bits per heavy atom. The zero-order valence-corrected chi connectivity index (χ0v) is 15.0. The fourth-order valence-corrected chi connectivity index (χ4v) is 3.61. The highest BCUT2D eigenvalue weighted by molar-refractivity contribution is 5.79. The molecule has 1 N–H and O–H groups in total. The third-order valence-corrected chi connectivity index (χ3v) is 5.01. The van der Waals surface area contributed by atoms with E-state index in [1.165, 1.54) is 0 Å². The van der Waals surface area contributed by atoms with Crippen molar-refractivity contribution < 1.29 is 14.6 Å². The van der Waals surface area contributed by atoms with Gasteiger partial charge in [-0.15, -0.1) is 0 Å². The quantitative estimate of drug-likeness (QED) is 0.900. The molecule has 1 fully saturated rings. The molecule has 0 aliphatic carbocycles. The van der Waals surface area contributed by atoms with Crippen molar-refractivity contribution in [1.82, 2.24) is 14.7 Å². The molecule has 0 radical (unpaired) electrons. The minimum atomic E-state index is -1.10. The summed E-state index contributed by atoms with van der Waals surface area (Å²) >= 11 is 0. The van der Waals surface area contributed by atoms with Crippen LogP contribution in [0.1, 0.15) is 30.9 Å². The van der Waals surface area contributed by atoms with Gasteiger partial charge >= 0.3 is 0 Å². The Labute approximate surface area is 148 Å². The molecular formula is C19H25N3O3. The summed E-state index contributed by atoms with van der Waals surface area (Å²) in [6.07, 6.45) is 5.56. The second kappa shape index (κ2) is 6.88. The summed E-state index contributed by atoms with van der Waals surface area (Å²) in [5, 5.41) is 15.3. The molecular weight excluding hydrogens is 318 g/mol. The van der Waals surface area contributed by atoms with Gasteiger partial charge in [-0.3, -0.25) is 9.48 Å². The fraction of sp³-hybridized carbons (Fsp3) is 0.474. The number of benzene rings is 1. The largest absolute Gasteiger partial charge is 0.497 e. The van der Waals surface area contributed by atoms with E-state index in [1.54, 1.807) is 24.9 Å². The molecule has 6 heteroatoms. The molecule has 0 saturated carbocycles. The number of hydrogen-bond donors (Lipinski definition) is 1. The van der Waals surface area contributed by atoms with Crippen LogP contribution in [-0.2, 0) is 23.9 Å². The van der Waals surface area contributed by atoms with Gasteiger partial charge in [-0.1, -0.05) is 12.1 Å². The normalized spacial score (nSPS) is 19.7. The van der Waals surface area contributed by atoms with Crippen LogP contribution in [0, 0.1) is 0 Å². The molecule has 25 heavy (non-hydrogen) atoms. The lowest BCUT2D eigenvalue weighted by Gasteiger charge is -2.37. The summed E-state index contributed by atoms with van der Waals surface area (Å²) in [4.78, 5) is 14.6. The van der Waals surface area contributed by atoms with Gasteiger partial charge in [-0.2, -0.15) is 5.10 Å². The smallest absolute Gasteiger partial charge is 0.227 e. The molecule has 1 aliphatic heterocycles. The van der Waals surface area contributed by atoms with Crippen molar-refractivity contribution in [2.45, 2.75) is 37.8 Å². The Kier molecular flexibility index (Phi) is 4.81. The first-order valence-corrected chi connectivity index (χ1v) is 8.55. The third kappa shape index (κ3) is 3.54. The second-order valence-corrected chi connectivity index (χ2v) is 6.82. The third-order valence-electron chi connectivity index (χ3n) is 5.01. The van der Waals surface area contributed by atoms with Gasteiger partial charge < -0.3 is 14.7 Å². The molecule has 1 aliphatic rings. The number of aryl methyl sites for hydroxylation is 1. The van der Waals surface area contributed by atoms with Crippen LogP contribution in [-0.4, -0.2) is 45.4 Å². The van der Waals surface area contributed by atoms with Crippen molar-refractivity contribution in [1.29, 1.82) is 0 Å². The van der Waals surface area contributed by atoms with Crippen molar-refractivity contribution in [3.8, 4) is 5.75 Å². The van der Waals surface area contributed by atoms with Crippen molar-refractivity contribution in [2.75, 3.05) is 13.7 Å². The molecule has 0 bridgehead atoms. The Morgan fingerprint density at radius 2 is 2.12 bits per heavy atom. The lowest BCUT2D eigenvalue weighted by atomic mass is 9.86. The first-order chi connectivity index (χ1) is 11.9. The number of carbonyl (C=O) groups is 1. The molecule has 1 amide bonds. The maximum Gasteiger partial charge on any atom is 0.227 e. The van der Waals surface area contributed by atoms with Gasteiger partial charge in [0.15, 0.2) is 0 Å². The topological polar surface area (TPSA) is 67.6 Å². The van der Waals surface area contributed by atoms with Gasteiger partial charge in [0, 0.05) is 19.8 Å². The Bertz CT molecular complexity index is 737. The van der Waals surface area contributed by atoms with Crippen molar-refractivity contribution in [3.63, 3.8) is 0 Å². The number of nitrogens with zero attached hydrogens (tertiary/aromatic N) is 3. The second-order valence-electron chi connectivity index (χ2n) is 6.82. The molecule has 6 nitrogen and oxygen atoms in total. The number of hydrogen-bond acceptors (Lipinski definition) is 4. The highest BCUT2D eigenvalue weighted by atomic mass is 16.5. The molecule has 2 atom stereocenters. The summed E-state index contributed by atoms with van der Waals surface area (Å²) < 4.78 is 6.87. The number of ether oxygens (including phenoxy) is 1. The molecule has 1 saturated heterocycles. The first-order valence-electron chi connectivity index (χ1n) is 8.55. The fourth-order valence-electron chi connectivity index (χ4n) is 3.61. The minimum Gasteiger partial charge on any atom is -0.497 e. The monoisotopic (exact) mass is 343 g/mol. The van der Waals surface area contributed by atoms with Crippen LogP contribution >= 0.6 is 0 Å². The molecule has 134 valence electrons.